The highest BCUT2D eigenvalue weighted by molar-refractivity contribution is 7.99. The van der Waals surface area contributed by atoms with Gasteiger partial charge in [-0.15, -0.1) is 0 Å². The second-order valence-electron chi connectivity index (χ2n) is 4.36. The number of aromatic nitrogens is 1. The Hall–Kier alpha value is -1.86. The van der Waals surface area contributed by atoms with E-state index in [-0.39, 0.29) is 17.2 Å². The SMILES string of the molecule is CN(Cc1ccsc1)C(=O)CSc1ccc(C(=O)O)cn1. The molecule has 0 spiro atoms. The minimum Gasteiger partial charge on any atom is -0.478 e. The van der Waals surface area contributed by atoms with Gasteiger partial charge in [-0.3, -0.25) is 4.79 Å². The summed E-state index contributed by atoms with van der Waals surface area (Å²) in [7, 11) is 1.77. The van der Waals surface area contributed by atoms with Gasteiger partial charge in [-0.05, 0) is 34.5 Å². The van der Waals surface area contributed by atoms with Crippen molar-refractivity contribution in [2.45, 2.75) is 11.6 Å². The van der Waals surface area contributed by atoms with E-state index in [1.165, 1.54) is 24.0 Å². The summed E-state index contributed by atoms with van der Waals surface area (Å²) < 4.78 is 0. The van der Waals surface area contributed by atoms with Gasteiger partial charge in [0.1, 0.15) is 0 Å². The van der Waals surface area contributed by atoms with Gasteiger partial charge in [-0.1, -0.05) is 11.8 Å². The van der Waals surface area contributed by atoms with Crippen LogP contribution in [0.25, 0.3) is 0 Å². The number of amides is 1. The molecule has 5 nitrogen and oxygen atoms in total. The molecule has 7 heteroatoms. The Bertz CT molecular complexity index is 612. The molecule has 0 bridgehead atoms. The van der Waals surface area contributed by atoms with Crippen LogP contribution < -0.4 is 0 Å². The van der Waals surface area contributed by atoms with Gasteiger partial charge >= 0.3 is 5.97 Å². The number of nitrogens with zero attached hydrogens (tertiary/aromatic N) is 2. The monoisotopic (exact) mass is 322 g/mol. The van der Waals surface area contributed by atoms with Crippen molar-refractivity contribution in [3.05, 3.63) is 46.3 Å². The Morgan fingerprint density at radius 1 is 1.38 bits per heavy atom. The molecule has 2 aromatic rings. The third-order valence-corrected chi connectivity index (χ3v) is 4.41. The molecule has 0 aliphatic rings. The largest absolute Gasteiger partial charge is 0.478 e. The summed E-state index contributed by atoms with van der Waals surface area (Å²) in [5.41, 5.74) is 1.25. The highest BCUT2D eigenvalue weighted by Crippen LogP contribution is 2.16. The maximum Gasteiger partial charge on any atom is 0.337 e. The number of aromatic carboxylic acids is 1. The molecule has 0 radical (unpaired) electrons. The lowest BCUT2D eigenvalue weighted by molar-refractivity contribution is -0.127. The minimum atomic E-state index is -1.01. The molecule has 0 aromatic carbocycles. The molecule has 110 valence electrons. The number of thiophene rings is 1. The zero-order chi connectivity index (χ0) is 15.2. The predicted molar refractivity (Wildman–Crippen MR) is 82.7 cm³/mol. The van der Waals surface area contributed by atoms with Crippen LogP contribution >= 0.6 is 23.1 Å². The lowest BCUT2D eigenvalue weighted by Crippen LogP contribution is -2.27. The summed E-state index contributed by atoms with van der Waals surface area (Å²) in [6.07, 6.45) is 1.30. The number of thioether (sulfide) groups is 1. The molecule has 0 unspecified atom stereocenters. The predicted octanol–water partition coefficient (Wildman–Crippen LogP) is 2.59. The van der Waals surface area contributed by atoms with Gasteiger partial charge in [0.05, 0.1) is 16.3 Å². The number of pyridine rings is 1. The van der Waals surface area contributed by atoms with Crippen LogP contribution in [-0.4, -0.2) is 39.7 Å². The van der Waals surface area contributed by atoms with E-state index in [9.17, 15) is 9.59 Å². The number of hydrogen-bond acceptors (Lipinski definition) is 5. The molecule has 2 aromatic heterocycles. The molecule has 0 saturated carbocycles. The van der Waals surface area contributed by atoms with Crippen molar-refractivity contribution in [2.75, 3.05) is 12.8 Å². The lowest BCUT2D eigenvalue weighted by Gasteiger charge is -2.16. The van der Waals surface area contributed by atoms with E-state index < -0.39 is 5.97 Å². The normalized spacial score (nSPS) is 10.3. The quantitative estimate of drug-likeness (QED) is 0.828. The summed E-state index contributed by atoms with van der Waals surface area (Å²) in [6, 6.07) is 5.09. The summed E-state index contributed by atoms with van der Waals surface area (Å²) in [6.45, 7) is 0.592. The van der Waals surface area contributed by atoms with Crippen molar-refractivity contribution in [1.82, 2.24) is 9.88 Å². The average Bonchev–Trinajstić information content (AvgIpc) is 2.98. The molecular weight excluding hydrogens is 308 g/mol. The lowest BCUT2D eigenvalue weighted by atomic mass is 10.3. The zero-order valence-electron chi connectivity index (χ0n) is 11.4. The smallest absolute Gasteiger partial charge is 0.337 e. The Balaban J connectivity index is 1.84. The highest BCUT2D eigenvalue weighted by Gasteiger charge is 2.11. The van der Waals surface area contributed by atoms with E-state index in [2.05, 4.69) is 4.98 Å². The number of carbonyl (C=O) groups excluding carboxylic acids is 1. The third kappa shape index (κ3) is 4.57. The van der Waals surface area contributed by atoms with E-state index in [0.29, 0.717) is 11.6 Å². The van der Waals surface area contributed by atoms with Gasteiger partial charge < -0.3 is 10.0 Å². The van der Waals surface area contributed by atoms with Crippen molar-refractivity contribution in [3.8, 4) is 0 Å². The van der Waals surface area contributed by atoms with Crippen LogP contribution in [0.4, 0.5) is 0 Å². The van der Waals surface area contributed by atoms with Crippen LogP contribution in [0.3, 0.4) is 0 Å². The molecule has 0 aliphatic heterocycles. The van der Waals surface area contributed by atoms with E-state index in [4.69, 9.17) is 5.11 Å². The molecule has 2 rings (SSSR count). The number of carboxylic acid groups (broad SMARTS) is 1. The van der Waals surface area contributed by atoms with E-state index >= 15 is 0 Å². The molecule has 1 amide bonds. The van der Waals surface area contributed by atoms with Crippen LogP contribution in [0.15, 0.2) is 40.2 Å². The fourth-order valence-electron chi connectivity index (χ4n) is 1.58. The van der Waals surface area contributed by atoms with Crippen molar-refractivity contribution in [2.24, 2.45) is 0 Å². The first-order valence-corrected chi connectivity index (χ1v) is 8.06. The summed E-state index contributed by atoms with van der Waals surface area (Å²) >= 11 is 2.90. The Kier molecular flexibility index (Phi) is 5.35. The average molecular weight is 322 g/mol. The molecule has 0 atom stereocenters. The topological polar surface area (TPSA) is 70.5 Å². The van der Waals surface area contributed by atoms with Gasteiger partial charge in [0.2, 0.25) is 5.91 Å². The van der Waals surface area contributed by atoms with E-state index in [1.54, 1.807) is 29.4 Å². The molecule has 1 N–H and O–H groups in total. The second kappa shape index (κ2) is 7.24. The number of hydrogen-bond donors (Lipinski definition) is 1. The van der Waals surface area contributed by atoms with Gasteiger partial charge in [-0.25, -0.2) is 9.78 Å². The van der Waals surface area contributed by atoms with Crippen molar-refractivity contribution >= 4 is 35.0 Å². The zero-order valence-corrected chi connectivity index (χ0v) is 13.0. The van der Waals surface area contributed by atoms with Crippen LogP contribution in [0, 0.1) is 0 Å². The van der Waals surface area contributed by atoms with Crippen molar-refractivity contribution in [1.29, 1.82) is 0 Å². The number of carboxylic acids is 1. The Labute approximate surface area is 130 Å². The van der Waals surface area contributed by atoms with E-state index in [1.807, 2.05) is 16.8 Å². The molecular formula is C14H14N2O3S2. The summed E-state index contributed by atoms with van der Waals surface area (Å²) in [5, 5.41) is 13.4. The first kappa shape index (κ1) is 15.5. The van der Waals surface area contributed by atoms with E-state index in [0.717, 1.165) is 5.56 Å². The standard InChI is InChI=1S/C14H14N2O3S2/c1-16(7-10-4-5-20-8-10)13(17)9-21-12-3-2-11(6-15-12)14(18)19/h2-6,8H,7,9H2,1H3,(H,18,19). The molecule has 2 heterocycles. The fraction of sp³-hybridized carbons (Fsp3) is 0.214. The van der Waals surface area contributed by atoms with Gasteiger partial charge in [0.15, 0.2) is 0 Å². The minimum absolute atomic E-state index is 0.00955. The summed E-state index contributed by atoms with van der Waals surface area (Å²) in [4.78, 5) is 28.4. The van der Waals surface area contributed by atoms with Gasteiger partial charge in [-0.2, -0.15) is 11.3 Å². The molecule has 0 saturated heterocycles. The van der Waals surface area contributed by atoms with Crippen LogP contribution in [0.2, 0.25) is 0 Å². The Morgan fingerprint density at radius 2 is 2.19 bits per heavy atom. The van der Waals surface area contributed by atoms with Crippen LogP contribution in [0.5, 0.6) is 0 Å². The Morgan fingerprint density at radius 3 is 2.76 bits per heavy atom. The fourth-order valence-corrected chi connectivity index (χ4v) is 3.03. The maximum atomic E-state index is 12.0. The van der Waals surface area contributed by atoms with Crippen LogP contribution in [0.1, 0.15) is 15.9 Å². The highest BCUT2D eigenvalue weighted by atomic mass is 32.2. The maximum absolute atomic E-state index is 12.0. The third-order valence-electron chi connectivity index (χ3n) is 2.75. The first-order chi connectivity index (χ1) is 10.1. The number of rotatable bonds is 6. The van der Waals surface area contributed by atoms with Gasteiger partial charge in [0, 0.05) is 19.8 Å². The first-order valence-electron chi connectivity index (χ1n) is 6.13. The second-order valence-corrected chi connectivity index (χ2v) is 6.14. The molecule has 0 fully saturated rings. The van der Waals surface area contributed by atoms with Crippen molar-refractivity contribution in [3.63, 3.8) is 0 Å². The summed E-state index contributed by atoms with van der Waals surface area (Å²) in [5.74, 6) is -0.721. The van der Waals surface area contributed by atoms with Crippen molar-refractivity contribution < 1.29 is 14.7 Å². The van der Waals surface area contributed by atoms with Crippen LogP contribution in [-0.2, 0) is 11.3 Å². The number of carbonyl (C=O) groups is 2. The molecule has 21 heavy (non-hydrogen) atoms. The molecule has 0 aliphatic carbocycles. The van der Waals surface area contributed by atoms with Gasteiger partial charge in [0.25, 0.3) is 0 Å².